The second-order valence-electron chi connectivity index (χ2n) is 6.24. The van der Waals surface area contributed by atoms with Gasteiger partial charge in [-0.3, -0.25) is 4.79 Å². The molecule has 23 heavy (non-hydrogen) atoms. The lowest BCUT2D eigenvalue weighted by atomic mass is 9.93. The Labute approximate surface area is 137 Å². The Morgan fingerprint density at radius 2 is 1.83 bits per heavy atom. The van der Waals surface area contributed by atoms with E-state index in [1.807, 2.05) is 0 Å². The number of hydrogen-bond acceptors (Lipinski definition) is 3. The maximum atomic E-state index is 12.1. The van der Waals surface area contributed by atoms with Crippen LogP contribution < -0.4 is 10.0 Å². The second kappa shape index (κ2) is 6.84. The molecule has 124 valence electrons. The Balaban J connectivity index is 1.55. The highest BCUT2D eigenvalue weighted by Gasteiger charge is 2.27. The first-order chi connectivity index (χ1) is 11.0. The molecule has 1 aromatic rings. The highest BCUT2D eigenvalue weighted by atomic mass is 32.2. The van der Waals surface area contributed by atoms with Gasteiger partial charge in [0.05, 0.1) is 4.90 Å². The van der Waals surface area contributed by atoms with Crippen LogP contribution >= 0.6 is 0 Å². The third kappa shape index (κ3) is 4.42. The van der Waals surface area contributed by atoms with Gasteiger partial charge in [0.25, 0.3) is 0 Å². The zero-order chi connectivity index (χ0) is 16.3. The summed E-state index contributed by atoms with van der Waals surface area (Å²) in [6, 6.07) is 6.79. The molecule has 0 heterocycles. The summed E-state index contributed by atoms with van der Waals surface area (Å²) in [6.45, 7) is 0.426. The fourth-order valence-electron chi connectivity index (χ4n) is 2.64. The largest absolute Gasteiger partial charge is 0.352 e. The standard InChI is InChI=1S/C17H22N2O3S/c20-17(14-4-2-1-3-5-14)18-12-13-6-10-16(11-7-13)23(21,22)19-15-8-9-15/h1-2,6-7,10-11,14-15,19H,3-5,8-9,12H2,(H,18,20)/t14-/m0/s1. The van der Waals surface area contributed by atoms with Gasteiger partial charge in [-0.2, -0.15) is 0 Å². The molecule has 2 aliphatic rings. The van der Waals surface area contributed by atoms with Gasteiger partial charge in [0.15, 0.2) is 0 Å². The van der Waals surface area contributed by atoms with Crippen molar-refractivity contribution >= 4 is 15.9 Å². The maximum Gasteiger partial charge on any atom is 0.240 e. The minimum atomic E-state index is -3.41. The van der Waals surface area contributed by atoms with E-state index in [2.05, 4.69) is 22.2 Å². The van der Waals surface area contributed by atoms with Gasteiger partial charge in [-0.25, -0.2) is 13.1 Å². The van der Waals surface area contributed by atoms with E-state index in [1.165, 1.54) is 0 Å². The van der Waals surface area contributed by atoms with Crippen molar-refractivity contribution in [2.45, 2.75) is 49.6 Å². The summed E-state index contributed by atoms with van der Waals surface area (Å²) >= 11 is 0. The maximum absolute atomic E-state index is 12.1. The molecule has 0 unspecified atom stereocenters. The van der Waals surface area contributed by atoms with Crippen LogP contribution in [0.15, 0.2) is 41.3 Å². The Bertz CT molecular complexity index is 691. The summed E-state index contributed by atoms with van der Waals surface area (Å²) in [5.74, 6) is 0.129. The van der Waals surface area contributed by atoms with Gasteiger partial charge >= 0.3 is 0 Å². The van der Waals surface area contributed by atoms with Crippen molar-refractivity contribution in [3.8, 4) is 0 Å². The first-order valence-electron chi connectivity index (χ1n) is 8.08. The van der Waals surface area contributed by atoms with E-state index in [1.54, 1.807) is 24.3 Å². The molecule has 1 amide bonds. The van der Waals surface area contributed by atoms with Crippen LogP contribution in [0, 0.1) is 5.92 Å². The van der Waals surface area contributed by atoms with E-state index in [0.29, 0.717) is 6.54 Å². The fraction of sp³-hybridized carbons (Fsp3) is 0.471. The smallest absolute Gasteiger partial charge is 0.240 e. The molecule has 2 aliphatic carbocycles. The lowest BCUT2D eigenvalue weighted by Gasteiger charge is -2.17. The number of allylic oxidation sites excluding steroid dienone is 2. The van der Waals surface area contributed by atoms with Crippen LogP contribution in [0.5, 0.6) is 0 Å². The van der Waals surface area contributed by atoms with Crippen LogP contribution in [0.25, 0.3) is 0 Å². The van der Waals surface area contributed by atoms with Crippen molar-refractivity contribution in [1.82, 2.24) is 10.0 Å². The van der Waals surface area contributed by atoms with Crippen LogP contribution in [-0.4, -0.2) is 20.4 Å². The van der Waals surface area contributed by atoms with Gasteiger partial charge in [0.1, 0.15) is 0 Å². The van der Waals surface area contributed by atoms with E-state index in [0.717, 1.165) is 37.7 Å². The molecule has 6 heteroatoms. The fourth-order valence-corrected chi connectivity index (χ4v) is 3.95. The van der Waals surface area contributed by atoms with Crippen molar-refractivity contribution in [3.05, 3.63) is 42.0 Å². The Kier molecular flexibility index (Phi) is 4.82. The van der Waals surface area contributed by atoms with Crippen molar-refractivity contribution in [2.24, 2.45) is 5.92 Å². The SMILES string of the molecule is O=C(NCc1ccc(S(=O)(=O)NC2CC2)cc1)[C@H]1CC=CCC1. The lowest BCUT2D eigenvalue weighted by Crippen LogP contribution is -2.30. The van der Waals surface area contributed by atoms with Crippen molar-refractivity contribution < 1.29 is 13.2 Å². The average molecular weight is 334 g/mol. The first-order valence-corrected chi connectivity index (χ1v) is 9.57. The molecule has 0 radical (unpaired) electrons. The first kappa shape index (κ1) is 16.2. The van der Waals surface area contributed by atoms with E-state index >= 15 is 0 Å². The van der Waals surface area contributed by atoms with E-state index < -0.39 is 10.0 Å². The minimum Gasteiger partial charge on any atom is -0.352 e. The number of carbonyl (C=O) groups excluding carboxylic acids is 1. The van der Waals surface area contributed by atoms with Gasteiger partial charge in [-0.15, -0.1) is 0 Å². The second-order valence-corrected chi connectivity index (χ2v) is 7.95. The summed E-state index contributed by atoms with van der Waals surface area (Å²) in [5.41, 5.74) is 0.898. The normalized spacial score (nSPS) is 21.1. The Hall–Kier alpha value is -1.66. The summed E-state index contributed by atoms with van der Waals surface area (Å²) in [4.78, 5) is 12.3. The van der Waals surface area contributed by atoms with Gasteiger partial charge in [-0.05, 0) is 49.8 Å². The van der Waals surface area contributed by atoms with E-state index in [-0.39, 0.29) is 22.8 Å². The van der Waals surface area contributed by atoms with Crippen molar-refractivity contribution in [3.63, 3.8) is 0 Å². The monoisotopic (exact) mass is 334 g/mol. The number of carbonyl (C=O) groups is 1. The molecule has 0 spiro atoms. The zero-order valence-electron chi connectivity index (χ0n) is 13.0. The van der Waals surface area contributed by atoms with Crippen molar-refractivity contribution in [1.29, 1.82) is 0 Å². The van der Waals surface area contributed by atoms with Gasteiger partial charge in [0.2, 0.25) is 15.9 Å². The van der Waals surface area contributed by atoms with Crippen LogP contribution in [0.2, 0.25) is 0 Å². The highest BCUT2D eigenvalue weighted by molar-refractivity contribution is 7.89. The lowest BCUT2D eigenvalue weighted by molar-refractivity contribution is -0.125. The number of benzene rings is 1. The molecule has 2 N–H and O–H groups in total. The number of sulfonamides is 1. The number of amides is 1. The third-order valence-corrected chi connectivity index (χ3v) is 5.78. The predicted octanol–water partition coefficient (Wildman–Crippen LogP) is 2.10. The zero-order valence-corrected chi connectivity index (χ0v) is 13.8. The van der Waals surface area contributed by atoms with Crippen LogP contribution in [-0.2, 0) is 21.4 Å². The third-order valence-electron chi connectivity index (χ3n) is 4.24. The van der Waals surface area contributed by atoms with Gasteiger partial charge < -0.3 is 5.32 Å². The Morgan fingerprint density at radius 3 is 2.43 bits per heavy atom. The molecule has 3 rings (SSSR count). The van der Waals surface area contributed by atoms with Crippen LogP contribution in [0.4, 0.5) is 0 Å². The minimum absolute atomic E-state index is 0.0578. The molecule has 0 bridgehead atoms. The van der Waals surface area contributed by atoms with Crippen LogP contribution in [0.3, 0.4) is 0 Å². The number of rotatable bonds is 6. The van der Waals surface area contributed by atoms with E-state index in [9.17, 15) is 13.2 Å². The van der Waals surface area contributed by atoms with Gasteiger partial charge in [0, 0.05) is 18.5 Å². The average Bonchev–Trinajstić information content (AvgIpc) is 3.37. The summed E-state index contributed by atoms with van der Waals surface area (Å²) < 4.78 is 26.8. The van der Waals surface area contributed by atoms with Crippen molar-refractivity contribution in [2.75, 3.05) is 0 Å². The molecular weight excluding hydrogens is 312 g/mol. The summed E-state index contributed by atoms with van der Waals surface area (Å²) in [7, 11) is -3.41. The summed E-state index contributed by atoms with van der Waals surface area (Å²) in [5, 5.41) is 2.93. The number of hydrogen-bond donors (Lipinski definition) is 2. The van der Waals surface area contributed by atoms with Gasteiger partial charge in [-0.1, -0.05) is 24.3 Å². The topological polar surface area (TPSA) is 75.3 Å². The molecule has 0 aromatic heterocycles. The summed E-state index contributed by atoms with van der Waals surface area (Å²) in [6.07, 6.45) is 8.65. The van der Waals surface area contributed by atoms with Crippen LogP contribution in [0.1, 0.15) is 37.7 Å². The molecule has 0 aliphatic heterocycles. The molecule has 0 saturated heterocycles. The molecule has 1 aromatic carbocycles. The quantitative estimate of drug-likeness (QED) is 0.782. The molecule has 1 fully saturated rings. The predicted molar refractivity (Wildman–Crippen MR) is 88.1 cm³/mol. The number of nitrogens with one attached hydrogen (secondary N) is 2. The highest BCUT2D eigenvalue weighted by Crippen LogP contribution is 2.22. The Morgan fingerprint density at radius 1 is 1.09 bits per heavy atom. The van der Waals surface area contributed by atoms with E-state index in [4.69, 9.17) is 0 Å². The molecule has 5 nitrogen and oxygen atoms in total. The molecule has 1 atom stereocenters. The molecular formula is C17H22N2O3S. The molecule has 1 saturated carbocycles.